The van der Waals surface area contributed by atoms with Gasteiger partial charge in [-0.2, -0.15) is 0 Å². The monoisotopic (exact) mass is 261 g/mol. The van der Waals surface area contributed by atoms with E-state index in [1.165, 1.54) is 33.9 Å². The Kier molecular flexibility index (Phi) is 3.22. The van der Waals surface area contributed by atoms with Crippen molar-refractivity contribution in [3.05, 3.63) is 39.6 Å². The molecule has 0 amide bonds. The summed E-state index contributed by atoms with van der Waals surface area (Å²) in [7, 11) is 0. The Balaban J connectivity index is 1.56. The van der Waals surface area contributed by atoms with Crippen LogP contribution < -0.4 is 5.32 Å². The summed E-state index contributed by atoms with van der Waals surface area (Å²) in [6.45, 7) is 6.23. The van der Waals surface area contributed by atoms with Gasteiger partial charge in [-0.15, -0.1) is 11.3 Å². The van der Waals surface area contributed by atoms with E-state index in [-0.39, 0.29) is 0 Å². The topological polar surface area (TPSA) is 29.9 Å². The van der Waals surface area contributed by atoms with Crippen molar-refractivity contribution < 1.29 is 0 Å². The fourth-order valence-corrected chi connectivity index (χ4v) is 3.22. The molecule has 0 unspecified atom stereocenters. The summed E-state index contributed by atoms with van der Waals surface area (Å²) in [5.74, 6) is 0. The quantitative estimate of drug-likeness (QED) is 0.896. The van der Waals surface area contributed by atoms with Crippen molar-refractivity contribution in [2.75, 3.05) is 0 Å². The first-order valence-electron chi connectivity index (χ1n) is 6.51. The lowest BCUT2D eigenvalue weighted by atomic mass is 10.3. The van der Waals surface area contributed by atoms with Crippen LogP contribution in [0.2, 0.25) is 0 Å². The second-order valence-corrected chi connectivity index (χ2v) is 6.42. The molecule has 0 atom stereocenters. The Morgan fingerprint density at radius 2 is 2.22 bits per heavy atom. The van der Waals surface area contributed by atoms with Gasteiger partial charge in [-0.05, 0) is 38.3 Å². The molecule has 3 rings (SSSR count). The van der Waals surface area contributed by atoms with Gasteiger partial charge in [0, 0.05) is 35.1 Å². The molecule has 0 spiro atoms. The average Bonchev–Trinajstić information content (AvgIpc) is 3.00. The number of aryl methyl sites for hydroxylation is 2. The highest BCUT2D eigenvalue weighted by Crippen LogP contribution is 2.35. The van der Waals surface area contributed by atoms with Gasteiger partial charge in [-0.3, -0.25) is 0 Å². The molecule has 96 valence electrons. The third kappa shape index (κ3) is 2.49. The maximum absolute atomic E-state index is 4.25. The Bertz CT molecular complexity index is 517. The van der Waals surface area contributed by atoms with Gasteiger partial charge in [-0.1, -0.05) is 0 Å². The summed E-state index contributed by atoms with van der Waals surface area (Å²) in [4.78, 5) is 7.10. The summed E-state index contributed by atoms with van der Waals surface area (Å²) in [6, 6.07) is 3.00. The summed E-state index contributed by atoms with van der Waals surface area (Å²) in [5, 5.41) is 3.52. The molecule has 1 saturated carbocycles. The van der Waals surface area contributed by atoms with Crippen LogP contribution >= 0.6 is 11.3 Å². The van der Waals surface area contributed by atoms with Crippen LogP contribution in [0.4, 0.5) is 0 Å². The molecule has 18 heavy (non-hydrogen) atoms. The second kappa shape index (κ2) is 4.86. The van der Waals surface area contributed by atoms with Crippen LogP contribution in [0.5, 0.6) is 0 Å². The molecular formula is C14H19N3S. The van der Waals surface area contributed by atoms with Crippen LogP contribution in [-0.2, 0) is 13.1 Å². The molecule has 2 aromatic heterocycles. The van der Waals surface area contributed by atoms with Gasteiger partial charge < -0.3 is 9.88 Å². The van der Waals surface area contributed by atoms with Crippen molar-refractivity contribution in [3.63, 3.8) is 0 Å². The minimum atomic E-state index is 0.718. The molecule has 0 aromatic carbocycles. The molecule has 1 aliphatic rings. The summed E-state index contributed by atoms with van der Waals surface area (Å²) >= 11 is 1.89. The molecule has 4 heteroatoms. The predicted octanol–water partition coefficient (Wildman–Crippen LogP) is 3.19. The number of aromatic nitrogens is 2. The third-order valence-corrected chi connectivity index (χ3v) is 4.66. The molecule has 0 aliphatic heterocycles. The van der Waals surface area contributed by atoms with E-state index in [0.717, 1.165) is 19.1 Å². The summed E-state index contributed by atoms with van der Waals surface area (Å²) in [5.41, 5.74) is 2.71. The number of hydrogen-bond donors (Lipinski definition) is 1. The third-order valence-electron chi connectivity index (χ3n) is 3.51. The molecule has 0 bridgehead atoms. The fourth-order valence-electron chi connectivity index (χ4n) is 2.20. The van der Waals surface area contributed by atoms with Crippen LogP contribution in [0.25, 0.3) is 0 Å². The van der Waals surface area contributed by atoms with Crippen molar-refractivity contribution >= 4 is 11.3 Å². The van der Waals surface area contributed by atoms with Crippen molar-refractivity contribution in [1.29, 1.82) is 0 Å². The minimum absolute atomic E-state index is 0.718. The van der Waals surface area contributed by atoms with Crippen molar-refractivity contribution in [1.82, 2.24) is 14.9 Å². The standard InChI is InChI=1S/C14H19N3S/c1-10-5-14(18-11(10)2)8-15-6-13-7-16-9-17(13)12-3-4-12/h5,7,9,12,15H,3-4,6,8H2,1-2H3. The van der Waals surface area contributed by atoms with Gasteiger partial charge in [0.25, 0.3) is 0 Å². The fraction of sp³-hybridized carbons (Fsp3) is 0.500. The summed E-state index contributed by atoms with van der Waals surface area (Å²) < 4.78 is 2.32. The average molecular weight is 261 g/mol. The molecule has 1 aliphatic carbocycles. The number of imidazole rings is 1. The first kappa shape index (κ1) is 11.9. The van der Waals surface area contributed by atoms with Crippen molar-refractivity contribution in [3.8, 4) is 0 Å². The first-order valence-corrected chi connectivity index (χ1v) is 7.33. The van der Waals surface area contributed by atoms with E-state index in [0.29, 0.717) is 0 Å². The Hall–Kier alpha value is -1.13. The molecule has 2 aromatic rings. The zero-order valence-corrected chi connectivity index (χ0v) is 11.8. The van der Waals surface area contributed by atoms with Crippen molar-refractivity contribution in [2.24, 2.45) is 0 Å². The van der Waals surface area contributed by atoms with E-state index in [4.69, 9.17) is 0 Å². The number of thiophene rings is 1. The van der Waals surface area contributed by atoms with Crippen LogP contribution in [0.15, 0.2) is 18.6 Å². The molecule has 1 fully saturated rings. The van der Waals surface area contributed by atoms with Crippen LogP contribution in [0.3, 0.4) is 0 Å². The summed E-state index contributed by atoms with van der Waals surface area (Å²) in [6.07, 6.45) is 6.57. The molecule has 1 N–H and O–H groups in total. The predicted molar refractivity (Wildman–Crippen MR) is 74.8 cm³/mol. The highest BCUT2D eigenvalue weighted by Gasteiger charge is 2.24. The lowest BCUT2D eigenvalue weighted by Crippen LogP contribution is -2.14. The number of hydrogen-bond acceptors (Lipinski definition) is 3. The van der Waals surface area contributed by atoms with E-state index in [2.05, 4.69) is 34.8 Å². The maximum atomic E-state index is 4.25. The molecular weight excluding hydrogens is 242 g/mol. The molecule has 3 nitrogen and oxygen atoms in total. The first-order chi connectivity index (χ1) is 8.74. The lowest BCUT2D eigenvalue weighted by molar-refractivity contribution is 0.624. The Morgan fingerprint density at radius 3 is 2.89 bits per heavy atom. The van der Waals surface area contributed by atoms with Crippen LogP contribution in [-0.4, -0.2) is 9.55 Å². The second-order valence-electron chi connectivity index (χ2n) is 5.08. The van der Waals surface area contributed by atoms with Crippen molar-refractivity contribution in [2.45, 2.75) is 45.8 Å². The number of rotatable bonds is 5. The van der Waals surface area contributed by atoms with Crippen LogP contribution in [0.1, 0.15) is 39.9 Å². The molecule has 2 heterocycles. The number of nitrogens with one attached hydrogen (secondary N) is 1. The van der Waals surface area contributed by atoms with E-state index in [1.807, 2.05) is 23.9 Å². The molecule has 0 radical (unpaired) electrons. The van der Waals surface area contributed by atoms with Gasteiger partial charge >= 0.3 is 0 Å². The van der Waals surface area contributed by atoms with E-state index >= 15 is 0 Å². The Labute approximate surface area is 112 Å². The lowest BCUT2D eigenvalue weighted by Gasteiger charge is -2.07. The van der Waals surface area contributed by atoms with Gasteiger partial charge in [0.1, 0.15) is 0 Å². The van der Waals surface area contributed by atoms with Gasteiger partial charge in [0.2, 0.25) is 0 Å². The number of nitrogens with zero attached hydrogens (tertiary/aromatic N) is 2. The SMILES string of the molecule is Cc1cc(CNCc2cncn2C2CC2)sc1C. The smallest absolute Gasteiger partial charge is 0.0951 e. The largest absolute Gasteiger partial charge is 0.330 e. The van der Waals surface area contributed by atoms with Crippen LogP contribution in [0, 0.1) is 13.8 Å². The zero-order valence-electron chi connectivity index (χ0n) is 10.9. The zero-order chi connectivity index (χ0) is 12.5. The van der Waals surface area contributed by atoms with Gasteiger partial charge in [0.05, 0.1) is 12.0 Å². The van der Waals surface area contributed by atoms with E-state index in [1.54, 1.807) is 0 Å². The van der Waals surface area contributed by atoms with E-state index < -0.39 is 0 Å². The highest BCUT2D eigenvalue weighted by atomic mass is 32.1. The normalized spacial score (nSPS) is 15.2. The van der Waals surface area contributed by atoms with Gasteiger partial charge in [-0.25, -0.2) is 4.98 Å². The Morgan fingerprint density at radius 1 is 1.39 bits per heavy atom. The maximum Gasteiger partial charge on any atom is 0.0951 e. The minimum Gasteiger partial charge on any atom is -0.330 e. The molecule has 0 saturated heterocycles. The van der Waals surface area contributed by atoms with Gasteiger partial charge in [0.15, 0.2) is 0 Å². The van der Waals surface area contributed by atoms with E-state index in [9.17, 15) is 0 Å². The highest BCUT2D eigenvalue weighted by molar-refractivity contribution is 7.12.